The largest absolute Gasteiger partial charge is 0.354 e. The SMILES string of the molecule is CNC(C)C1CCCN(c2ncc(F)cc2F)C1. The van der Waals surface area contributed by atoms with E-state index in [9.17, 15) is 8.78 Å². The zero-order valence-corrected chi connectivity index (χ0v) is 10.8. The molecule has 0 amide bonds. The molecule has 18 heavy (non-hydrogen) atoms. The Hall–Kier alpha value is -1.23. The summed E-state index contributed by atoms with van der Waals surface area (Å²) >= 11 is 0. The van der Waals surface area contributed by atoms with Gasteiger partial charge in [0.25, 0.3) is 0 Å². The molecule has 1 aliphatic rings. The molecule has 2 heterocycles. The number of piperidine rings is 1. The fourth-order valence-electron chi connectivity index (χ4n) is 2.49. The van der Waals surface area contributed by atoms with Crippen molar-refractivity contribution in [1.29, 1.82) is 0 Å². The Balaban J connectivity index is 2.13. The van der Waals surface area contributed by atoms with Gasteiger partial charge in [-0.25, -0.2) is 13.8 Å². The summed E-state index contributed by atoms with van der Waals surface area (Å²) in [6, 6.07) is 1.28. The molecule has 1 saturated heterocycles. The number of nitrogens with one attached hydrogen (secondary N) is 1. The number of hydrogen-bond acceptors (Lipinski definition) is 3. The van der Waals surface area contributed by atoms with Gasteiger partial charge in [-0.15, -0.1) is 0 Å². The summed E-state index contributed by atoms with van der Waals surface area (Å²) in [5.41, 5.74) is 0. The molecular formula is C13H19F2N3. The van der Waals surface area contributed by atoms with Gasteiger partial charge in [-0.1, -0.05) is 0 Å². The summed E-state index contributed by atoms with van der Waals surface area (Å²) < 4.78 is 26.5. The fraction of sp³-hybridized carbons (Fsp3) is 0.615. The molecule has 1 fully saturated rings. The molecule has 3 nitrogen and oxygen atoms in total. The summed E-state index contributed by atoms with van der Waals surface area (Å²) in [6.45, 7) is 3.67. The van der Waals surface area contributed by atoms with Gasteiger partial charge < -0.3 is 10.2 Å². The minimum atomic E-state index is -0.631. The highest BCUT2D eigenvalue weighted by Gasteiger charge is 2.26. The normalized spacial score (nSPS) is 22.0. The Morgan fingerprint density at radius 3 is 2.94 bits per heavy atom. The van der Waals surface area contributed by atoms with Crippen molar-refractivity contribution in [3.8, 4) is 0 Å². The first-order valence-electron chi connectivity index (χ1n) is 6.35. The van der Waals surface area contributed by atoms with Crippen LogP contribution in [0.1, 0.15) is 19.8 Å². The van der Waals surface area contributed by atoms with Gasteiger partial charge in [0.05, 0.1) is 6.20 Å². The molecule has 1 aromatic rings. The Bertz CT molecular complexity index is 411. The van der Waals surface area contributed by atoms with E-state index in [0.29, 0.717) is 12.0 Å². The number of rotatable bonds is 3. The average molecular weight is 255 g/mol. The van der Waals surface area contributed by atoms with Crippen LogP contribution >= 0.6 is 0 Å². The van der Waals surface area contributed by atoms with E-state index >= 15 is 0 Å². The molecule has 1 aromatic heterocycles. The van der Waals surface area contributed by atoms with Crippen molar-refractivity contribution in [3.05, 3.63) is 23.9 Å². The molecule has 2 unspecified atom stereocenters. The molecule has 0 radical (unpaired) electrons. The number of aromatic nitrogens is 1. The van der Waals surface area contributed by atoms with E-state index in [1.54, 1.807) is 0 Å². The lowest BCUT2D eigenvalue weighted by atomic mass is 9.91. The third kappa shape index (κ3) is 2.77. The highest BCUT2D eigenvalue weighted by Crippen LogP contribution is 2.25. The zero-order valence-electron chi connectivity index (χ0n) is 10.8. The van der Waals surface area contributed by atoms with Gasteiger partial charge in [0.2, 0.25) is 0 Å². The molecule has 2 rings (SSSR count). The monoisotopic (exact) mass is 255 g/mol. The van der Waals surface area contributed by atoms with Crippen molar-refractivity contribution in [2.45, 2.75) is 25.8 Å². The van der Waals surface area contributed by atoms with E-state index in [-0.39, 0.29) is 5.82 Å². The third-order valence-electron chi connectivity index (χ3n) is 3.71. The Morgan fingerprint density at radius 2 is 2.28 bits per heavy atom. The zero-order chi connectivity index (χ0) is 13.1. The first-order valence-corrected chi connectivity index (χ1v) is 6.35. The van der Waals surface area contributed by atoms with Crippen molar-refractivity contribution in [1.82, 2.24) is 10.3 Å². The topological polar surface area (TPSA) is 28.2 Å². The number of halogens is 2. The second-order valence-corrected chi connectivity index (χ2v) is 4.88. The summed E-state index contributed by atoms with van der Waals surface area (Å²) in [5.74, 6) is -0.472. The molecule has 1 aliphatic heterocycles. The van der Waals surface area contributed by atoms with Gasteiger partial charge in [-0.3, -0.25) is 0 Å². The van der Waals surface area contributed by atoms with Crippen LogP contribution < -0.4 is 10.2 Å². The smallest absolute Gasteiger partial charge is 0.168 e. The number of pyridine rings is 1. The predicted octanol–water partition coefficient (Wildman–Crippen LogP) is 2.18. The Morgan fingerprint density at radius 1 is 1.50 bits per heavy atom. The maximum atomic E-state index is 13.7. The first kappa shape index (κ1) is 13.2. The maximum absolute atomic E-state index is 13.7. The summed E-state index contributed by atoms with van der Waals surface area (Å²) in [7, 11) is 1.93. The van der Waals surface area contributed by atoms with Gasteiger partial charge in [-0.2, -0.15) is 0 Å². The molecule has 5 heteroatoms. The minimum absolute atomic E-state index is 0.268. The molecule has 0 aliphatic carbocycles. The van der Waals surface area contributed by atoms with Crippen LogP contribution in [0.3, 0.4) is 0 Å². The lowest BCUT2D eigenvalue weighted by Gasteiger charge is -2.36. The van der Waals surface area contributed by atoms with Crippen molar-refractivity contribution >= 4 is 5.82 Å². The Labute approximate surface area is 106 Å². The minimum Gasteiger partial charge on any atom is -0.354 e. The average Bonchev–Trinajstić information content (AvgIpc) is 2.38. The van der Waals surface area contributed by atoms with Crippen molar-refractivity contribution in [2.75, 3.05) is 25.0 Å². The van der Waals surface area contributed by atoms with Crippen LogP contribution in [0, 0.1) is 17.6 Å². The van der Waals surface area contributed by atoms with Crippen LogP contribution in [0.5, 0.6) is 0 Å². The predicted molar refractivity (Wildman–Crippen MR) is 67.6 cm³/mol. The number of hydrogen-bond donors (Lipinski definition) is 1. The van der Waals surface area contributed by atoms with E-state index < -0.39 is 11.6 Å². The summed E-state index contributed by atoms with van der Waals surface area (Å²) in [4.78, 5) is 5.79. The van der Waals surface area contributed by atoms with E-state index in [1.807, 2.05) is 11.9 Å². The molecule has 0 aromatic carbocycles. The fourth-order valence-corrected chi connectivity index (χ4v) is 2.49. The molecular weight excluding hydrogens is 236 g/mol. The molecule has 0 spiro atoms. The van der Waals surface area contributed by atoms with Crippen molar-refractivity contribution in [3.63, 3.8) is 0 Å². The van der Waals surface area contributed by atoms with Crippen LogP contribution in [-0.2, 0) is 0 Å². The molecule has 1 N–H and O–H groups in total. The lowest BCUT2D eigenvalue weighted by molar-refractivity contribution is 0.330. The van der Waals surface area contributed by atoms with Crippen LogP contribution in [0.15, 0.2) is 12.3 Å². The van der Waals surface area contributed by atoms with Crippen molar-refractivity contribution < 1.29 is 8.78 Å². The van der Waals surface area contributed by atoms with E-state index in [0.717, 1.165) is 38.2 Å². The van der Waals surface area contributed by atoms with Gasteiger partial charge in [0.15, 0.2) is 11.6 Å². The standard InChI is InChI=1S/C13H19F2N3/c1-9(16-2)10-4-3-5-18(8-10)13-12(15)6-11(14)7-17-13/h6-7,9-10,16H,3-5,8H2,1-2H3. The van der Waals surface area contributed by atoms with Crippen LogP contribution in [0.4, 0.5) is 14.6 Å². The lowest BCUT2D eigenvalue weighted by Crippen LogP contribution is -2.44. The number of nitrogens with zero attached hydrogens (tertiary/aromatic N) is 2. The quantitative estimate of drug-likeness (QED) is 0.897. The molecule has 0 saturated carbocycles. The van der Waals surface area contributed by atoms with Crippen LogP contribution in [0.25, 0.3) is 0 Å². The molecule has 0 bridgehead atoms. The second kappa shape index (κ2) is 5.61. The van der Waals surface area contributed by atoms with Gasteiger partial charge in [0.1, 0.15) is 5.82 Å². The second-order valence-electron chi connectivity index (χ2n) is 4.88. The number of anilines is 1. The van der Waals surface area contributed by atoms with Crippen molar-refractivity contribution in [2.24, 2.45) is 5.92 Å². The van der Waals surface area contributed by atoms with Gasteiger partial charge >= 0.3 is 0 Å². The highest BCUT2D eigenvalue weighted by atomic mass is 19.1. The van der Waals surface area contributed by atoms with Crippen LogP contribution in [0.2, 0.25) is 0 Å². The summed E-state index contributed by atoms with van der Waals surface area (Å²) in [5, 5.41) is 3.23. The van der Waals surface area contributed by atoms with Crippen LogP contribution in [-0.4, -0.2) is 31.2 Å². The highest BCUT2D eigenvalue weighted by molar-refractivity contribution is 5.40. The van der Waals surface area contributed by atoms with E-state index in [1.165, 1.54) is 0 Å². The summed E-state index contributed by atoms with van der Waals surface area (Å²) in [6.07, 6.45) is 3.21. The Kier molecular flexibility index (Phi) is 4.11. The van der Waals surface area contributed by atoms with E-state index in [4.69, 9.17) is 0 Å². The molecule has 2 atom stereocenters. The first-order chi connectivity index (χ1) is 8.61. The molecule has 100 valence electrons. The van der Waals surface area contributed by atoms with Gasteiger partial charge in [0, 0.05) is 25.2 Å². The van der Waals surface area contributed by atoms with E-state index in [2.05, 4.69) is 17.2 Å². The third-order valence-corrected chi connectivity index (χ3v) is 3.71. The maximum Gasteiger partial charge on any atom is 0.168 e. The van der Waals surface area contributed by atoms with Gasteiger partial charge in [-0.05, 0) is 32.7 Å².